The summed E-state index contributed by atoms with van der Waals surface area (Å²) in [6.45, 7) is 2.54. The minimum Gasteiger partial charge on any atom is -0.359 e. The lowest BCUT2D eigenvalue weighted by atomic mass is 10.1. The Morgan fingerprint density at radius 1 is 1.40 bits per heavy atom. The van der Waals surface area contributed by atoms with E-state index in [2.05, 4.69) is 5.16 Å². The number of hydrogen-bond acceptors (Lipinski definition) is 3. The molecule has 0 unspecified atom stereocenters. The fourth-order valence-corrected chi connectivity index (χ4v) is 2.60. The van der Waals surface area contributed by atoms with E-state index in [-0.39, 0.29) is 17.8 Å². The third-order valence-electron chi connectivity index (χ3n) is 3.58. The van der Waals surface area contributed by atoms with Crippen LogP contribution in [0.5, 0.6) is 0 Å². The van der Waals surface area contributed by atoms with Crippen LogP contribution >= 0.6 is 0 Å². The second kappa shape index (κ2) is 5.07. The van der Waals surface area contributed by atoms with Gasteiger partial charge in [-0.25, -0.2) is 4.39 Å². The molecule has 20 heavy (non-hydrogen) atoms. The van der Waals surface area contributed by atoms with Crippen molar-refractivity contribution in [2.24, 2.45) is 0 Å². The lowest BCUT2D eigenvalue weighted by molar-refractivity contribution is 0.0714. The first kappa shape index (κ1) is 12.8. The number of hydrogen-bond donors (Lipinski definition) is 0. The van der Waals surface area contributed by atoms with E-state index >= 15 is 0 Å². The van der Waals surface area contributed by atoms with Gasteiger partial charge in [-0.1, -0.05) is 5.16 Å². The van der Waals surface area contributed by atoms with Crippen LogP contribution in [0.3, 0.4) is 0 Å². The second-order valence-corrected chi connectivity index (χ2v) is 5.03. The summed E-state index contributed by atoms with van der Waals surface area (Å²) in [5, 5.41) is 3.88. The largest absolute Gasteiger partial charge is 0.359 e. The van der Waals surface area contributed by atoms with Gasteiger partial charge in [-0.2, -0.15) is 0 Å². The van der Waals surface area contributed by atoms with E-state index in [1.165, 1.54) is 24.3 Å². The molecule has 1 aromatic heterocycles. The molecule has 3 rings (SSSR count). The molecule has 0 aliphatic carbocycles. The summed E-state index contributed by atoms with van der Waals surface area (Å²) >= 11 is 0. The van der Waals surface area contributed by atoms with E-state index in [0.717, 1.165) is 24.3 Å². The first-order valence-corrected chi connectivity index (χ1v) is 6.65. The number of amides is 1. The Morgan fingerprint density at radius 2 is 2.15 bits per heavy atom. The van der Waals surface area contributed by atoms with Crippen molar-refractivity contribution in [2.75, 3.05) is 6.54 Å². The highest BCUT2D eigenvalue weighted by Gasteiger charge is 2.33. The maximum Gasteiger partial charge on any atom is 0.254 e. The average molecular weight is 274 g/mol. The Balaban J connectivity index is 1.85. The highest BCUT2D eigenvalue weighted by atomic mass is 19.1. The van der Waals surface area contributed by atoms with E-state index < -0.39 is 0 Å². The molecule has 0 bridgehead atoms. The van der Waals surface area contributed by atoms with Crippen molar-refractivity contribution in [3.8, 4) is 0 Å². The highest BCUT2D eigenvalue weighted by molar-refractivity contribution is 5.94. The molecule has 1 aliphatic heterocycles. The van der Waals surface area contributed by atoms with Crippen LogP contribution in [0.2, 0.25) is 0 Å². The lowest BCUT2D eigenvalue weighted by Gasteiger charge is -2.22. The van der Waals surface area contributed by atoms with Crippen LogP contribution in [0.1, 0.15) is 40.7 Å². The van der Waals surface area contributed by atoms with Crippen LogP contribution < -0.4 is 0 Å². The standard InChI is InChI=1S/C15H15FN2O2/c1-10-9-14(20-17-10)13-3-2-8-18(13)15(19)11-4-6-12(16)7-5-11/h4-7,9,13H,2-3,8H2,1H3/t13-/m1/s1. The summed E-state index contributed by atoms with van der Waals surface area (Å²) in [6.07, 6.45) is 1.79. The molecule has 0 radical (unpaired) electrons. The predicted octanol–water partition coefficient (Wildman–Crippen LogP) is 3.10. The Hall–Kier alpha value is -2.17. The van der Waals surface area contributed by atoms with E-state index in [1.807, 2.05) is 13.0 Å². The van der Waals surface area contributed by atoms with Crippen molar-refractivity contribution in [2.45, 2.75) is 25.8 Å². The van der Waals surface area contributed by atoms with E-state index in [0.29, 0.717) is 12.1 Å². The first-order chi connectivity index (χ1) is 9.65. The molecule has 0 spiro atoms. The number of likely N-dealkylation sites (tertiary alicyclic amines) is 1. The number of benzene rings is 1. The van der Waals surface area contributed by atoms with E-state index in [9.17, 15) is 9.18 Å². The van der Waals surface area contributed by atoms with E-state index in [4.69, 9.17) is 4.52 Å². The molecule has 2 heterocycles. The average Bonchev–Trinajstić information content (AvgIpc) is 3.07. The van der Waals surface area contributed by atoms with Crippen molar-refractivity contribution in [3.05, 3.63) is 53.2 Å². The van der Waals surface area contributed by atoms with Gasteiger partial charge in [0.2, 0.25) is 0 Å². The molecule has 0 saturated carbocycles. The first-order valence-electron chi connectivity index (χ1n) is 6.65. The minimum absolute atomic E-state index is 0.0752. The Labute approximate surface area is 116 Å². The van der Waals surface area contributed by atoms with Gasteiger partial charge in [-0.3, -0.25) is 4.79 Å². The number of rotatable bonds is 2. The van der Waals surface area contributed by atoms with Crippen LogP contribution in [0, 0.1) is 12.7 Å². The molecule has 1 fully saturated rings. The molecule has 1 saturated heterocycles. The summed E-state index contributed by atoms with van der Waals surface area (Å²) < 4.78 is 18.2. The van der Waals surface area contributed by atoms with Gasteiger partial charge in [0.05, 0.1) is 11.7 Å². The van der Waals surface area contributed by atoms with Gasteiger partial charge >= 0.3 is 0 Å². The molecule has 1 amide bonds. The minimum atomic E-state index is -0.342. The zero-order chi connectivity index (χ0) is 14.1. The molecule has 1 aromatic carbocycles. The Morgan fingerprint density at radius 3 is 2.80 bits per heavy atom. The third kappa shape index (κ3) is 2.31. The third-order valence-corrected chi connectivity index (χ3v) is 3.58. The second-order valence-electron chi connectivity index (χ2n) is 5.03. The van der Waals surface area contributed by atoms with Crippen LogP contribution in [-0.2, 0) is 0 Å². The van der Waals surface area contributed by atoms with Gasteiger partial charge in [0.15, 0.2) is 5.76 Å². The van der Waals surface area contributed by atoms with Gasteiger partial charge < -0.3 is 9.42 Å². The Kier molecular flexibility index (Phi) is 3.26. The molecular formula is C15H15FN2O2. The maximum atomic E-state index is 12.9. The van der Waals surface area contributed by atoms with Crippen LogP contribution in [0.15, 0.2) is 34.9 Å². The SMILES string of the molecule is Cc1cc([C@H]2CCCN2C(=O)c2ccc(F)cc2)on1. The summed E-state index contributed by atoms with van der Waals surface area (Å²) in [7, 11) is 0. The molecule has 4 nitrogen and oxygen atoms in total. The fourth-order valence-electron chi connectivity index (χ4n) is 2.60. The number of carbonyl (C=O) groups excluding carboxylic acids is 1. The van der Waals surface area contributed by atoms with E-state index in [1.54, 1.807) is 4.90 Å². The van der Waals surface area contributed by atoms with Crippen molar-refractivity contribution in [1.82, 2.24) is 10.1 Å². The molecule has 1 atom stereocenters. The summed E-state index contributed by atoms with van der Waals surface area (Å²) in [4.78, 5) is 14.3. The predicted molar refractivity (Wildman–Crippen MR) is 70.7 cm³/mol. The van der Waals surface area contributed by atoms with Crippen molar-refractivity contribution < 1.29 is 13.7 Å². The number of aryl methyl sites for hydroxylation is 1. The van der Waals surface area contributed by atoms with Crippen LogP contribution in [0.4, 0.5) is 4.39 Å². The molecule has 1 aliphatic rings. The zero-order valence-corrected chi connectivity index (χ0v) is 11.2. The monoisotopic (exact) mass is 274 g/mol. The van der Waals surface area contributed by atoms with Crippen LogP contribution in [-0.4, -0.2) is 22.5 Å². The van der Waals surface area contributed by atoms with Crippen molar-refractivity contribution in [3.63, 3.8) is 0 Å². The van der Waals surface area contributed by atoms with Gasteiger partial charge in [0.1, 0.15) is 5.82 Å². The summed E-state index contributed by atoms with van der Waals surface area (Å²) in [5.41, 5.74) is 1.30. The van der Waals surface area contributed by atoms with Gasteiger partial charge in [-0.15, -0.1) is 0 Å². The fraction of sp³-hybridized carbons (Fsp3) is 0.333. The Bertz CT molecular complexity index is 621. The molecule has 2 aromatic rings. The highest BCUT2D eigenvalue weighted by Crippen LogP contribution is 2.33. The number of nitrogens with zero attached hydrogens (tertiary/aromatic N) is 2. The van der Waals surface area contributed by atoms with Gasteiger partial charge in [-0.05, 0) is 44.0 Å². The van der Waals surface area contributed by atoms with Crippen LogP contribution in [0.25, 0.3) is 0 Å². The maximum absolute atomic E-state index is 12.9. The zero-order valence-electron chi connectivity index (χ0n) is 11.2. The summed E-state index contributed by atoms with van der Waals surface area (Å²) in [6, 6.07) is 7.42. The smallest absolute Gasteiger partial charge is 0.254 e. The van der Waals surface area contributed by atoms with Gasteiger partial charge in [0.25, 0.3) is 5.91 Å². The molecule has 0 N–H and O–H groups in total. The normalized spacial score (nSPS) is 18.5. The number of halogens is 1. The van der Waals surface area contributed by atoms with Gasteiger partial charge in [0, 0.05) is 18.2 Å². The van der Waals surface area contributed by atoms with Crippen molar-refractivity contribution in [1.29, 1.82) is 0 Å². The molecular weight excluding hydrogens is 259 g/mol. The number of aromatic nitrogens is 1. The molecule has 104 valence electrons. The number of carbonyl (C=O) groups is 1. The lowest BCUT2D eigenvalue weighted by Crippen LogP contribution is -2.30. The topological polar surface area (TPSA) is 46.3 Å². The molecule has 5 heteroatoms. The van der Waals surface area contributed by atoms with Crippen molar-refractivity contribution >= 4 is 5.91 Å². The summed E-state index contributed by atoms with van der Waals surface area (Å²) in [5.74, 6) is 0.280. The quantitative estimate of drug-likeness (QED) is 0.845.